The van der Waals surface area contributed by atoms with Gasteiger partial charge < -0.3 is 5.11 Å². The Hall–Kier alpha value is -0.910. The van der Waals surface area contributed by atoms with E-state index in [1.807, 2.05) is 30.3 Å². The van der Waals surface area contributed by atoms with Crippen molar-refractivity contribution in [2.75, 3.05) is 13.2 Å². The van der Waals surface area contributed by atoms with Gasteiger partial charge in [-0.2, -0.15) is 4.31 Å². The molecule has 1 saturated heterocycles. The van der Waals surface area contributed by atoms with Gasteiger partial charge in [-0.3, -0.25) is 0 Å². The highest BCUT2D eigenvalue weighted by Gasteiger charge is 2.33. The first-order valence-corrected chi connectivity index (χ1v) is 7.39. The van der Waals surface area contributed by atoms with Crippen LogP contribution in [0.1, 0.15) is 18.4 Å². The van der Waals surface area contributed by atoms with E-state index in [1.165, 1.54) is 4.31 Å². The molecule has 1 fully saturated rings. The number of aliphatic hydroxyl groups excluding tert-OH is 1. The lowest BCUT2D eigenvalue weighted by atomic mass is 10.2. The van der Waals surface area contributed by atoms with Crippen LogP contribution in [0.3, 0.4) is 0 Å². The van der Waals surface area contributed by atoms with Gasteiger partial charge in [-0.25, -0.2) is 8.42 Å². The van der Waals surface area contributed by atoms with E-state index in [4.69, 9.17) is 5.11 Å². The molecule has 1 aliphatic rings. The zero-order valence-corrected chi connectivity index (χ0v) is 10.4. The van der Waals surface area contributed by atoms with Gasteiger partial charge >= 0.3 is 0 Å². The molecule has 94 valence electrons. The highest BCUT2D eigenvalue weighted by atomic mass is 32.2. The Morgan fingerprint density at radius 2 is 2.00 bits per heavy atom. The van der Waals surface area contributed by atoms with Crippen molar-refractivity contribution in [3.8, 4) is 0 Å². The maximum Gasteiger partial charge on any atom is 0.218 e. The molecule has 0 spiro atoms. The van der Waals surface area contributed by atoms with E-state index in [1.54, 1.807) is 0 Å². The monoisotopic (exact) mass is 255 g/mol. The SMILES string of the molecule is O=S(=O)(Cc1ccccc1)N1CCC[C@@H]1CO. The average Bonchev–Trinajstić information content (AvgIpc) is 2.78. The summed E-state index contributed by atoms with van der Waals surface area (Å²) in [5.41, 5.74) is 0.788. The van der Waals surface area contributed by atoms with Gasteiger partial charge in [0.1, 0.15) is 0 Å². The van der Waals surface area contributed by atoms with Crippen LogP contribution in [-0.4, -0.2) is 37.0 Å². The Morgan fingerprint density at radius 3 is 2.65 bits per heavy atom. The van der Waals surface area contributed by atoms with Crippen molar-refractivity contribution in [1.29, 1.82) is 0 Å². The number of benzene rings is 1. The van der Waals surface area contributed by atoms with Crippen molar-refractivity contribution in [1.82, 2.24) is 4.31 Å². The average molecular weight is 255 g/mol. The number of rotatable bonds is 4. The minimum Gasteiger partial charge on any atom is -0.395 e. The van der Waals surface area contributed by atoms with E-state index in [0.717, 1.165) is 18.4 Å². The molecular formula is C12H17NO3S. The van der Waals surface area contributed by atoms with Crippen molar-refractivity contribution in [3.63, 3.8) is 0 Å². The van der Waals surface area contributed by atoms with Crippen LogP contribution in [0.5, 0.6) is 0 Å². The normalized spacial score (nSPS) is 21.8. The van der Waals surface area contributed by atoms with Gasteiger partial charge in [0, 0.05) is 12.6 Å². The smallest absolute Gasteiger partial charge is 0.218 e. The standard InChI is InChI=1S/C12H17NO3S/c14-9-12-7-4-8-13(12)17(15,16)10-11-5-2-1-3-6-11/h1-3,5-6,12,14H,4,7-10H2/t12-/m1/s1. The molecule has 0 radical (unpaired) electrons. The van der Waals surface area contributed by atoms with E-state index >= 15 is 0 Å². The molecule has 1 aromatic carbocycles. The van der Waals surface area contributed by atoms with Crippen molar-refractivity contribution >= 4 is 10.0 Å². The van der Waals surface area contributed by atoms with E-state index in [0.29, 0.717) is 6.54 Å². The molecular weight excluding hydrogens is 238 g/mol. The number of aliphatic hydroxyl groups is 1. The Balaban J connectivity index is 2.14. The summed E-state index contributed by atoms with van der Waals surface area (Å²) in [5, 5.41) is 9.16. The third-order valence-corrected chi connectivity index (χ3v) is 4.98. The summed E-state index contributed by atoms with van der Waals surface area (Å²) < 4.78 is 25.8. The topological polar surface area (TPSA) is 57.6 Å². The lowest BCUT2D eigenvalue weighted by Gasteiger charge is -2.22. The summed E-state index contributed by atoms with van der Waals surface area (Å²) in [6, 6.07) is 8.91. The van der Waals surface area contributed by atoms with Crippen molar-refractivity contribution in [2.24, 2.45) is 0 Å². The van der Waals surface area contributed by atoms with Crippen molar-refractivity contribution < 1.29 is 13.5 Å². The van der Waals surface area contributed by atoms with Crippen LogP contribution in [0.25, 0.3) is 0 Å². The molecule has 0 aromatic heterocycles. The number of hydrogen-bond donors (Lipinski definition) is 1. The summed E-state index contributed by atoms with van der Waals surface area (Å²) in [6.45, 7) is 0.439. The quantitative estimate of drug-likeness (QED) is 0.872. The Morgan fingerprint density at radius 1 is 1.29 bits per heavy atom. The van der Waals surface area contributed by atoms with Gasteiger partial charge in [-0.1, -0.05) is 30.3 Å². The van der Waals surface area contributed by atoms with Crippen LogP contribution in [0.15, 0.2) is 30.3 Å². The van der Waals surface area contributed by atoms with Crippen LogP contribution in [-0.2, 0) is 15.8 Å². The molecule has 0 bridgehead atoms. The van der Waals surface area contributed by atoms with Gasteiger partial charge in [0.25, 0.3) is 0 Å². The molecule has 0 aliphatic carbocycles. The van der Waals surface area contributed by atoms with E-state index in [-0.39, 0.29) is 18.4 Å². The maximum atomic E-state index is 12.2. The predicted molar refractivity (Wildman–Crippen MR) is 65.9 cm³/mol. The molecule has 1 aromatic rings. The zero-order valence-electron chi connectivity index (χ0n) is 9.62. The second-order valence-corrected chi connectivity index (χ2v) is 6.25. The third kappa shape index (κ3) is 2.86. The van der Waals surface area contributed by atoms with Crippen LogP contribution in [0.4, 0.5) is 0 Å². The summed E-state index contributed by atoms with van der Waals surface area (Å²) in [7, 11) is -3.30. The van der Waals surface area contributed by atoms with Crippen molar-refractivity contribution in [3.05, 3.63) is 35.9 Å². The summed E-state index contributed by atoms with van der Waals surface area (Å²) >= 11 is 0. The lowest BCUT2D eigenvalue weighted by Crippen LogP contribution is -2.38. The minimum atomic E-state index is -3.30. The highest BCUT2D eigenvalue weighted by Crippen LogP contribution is 2.22. The van der Waals surface area contributed by atoms with Crippen molar-refractivity contribution in [2.45, 2.75) is 24.6 Å². The van der Waals surface area contributed by atoms with Crippen LogP contribution in [0, 0.1) is 0 Å². The van der Waals surface area contributed by atoms with Crippen LogP contribution < -0.4 is 0 Å². The largest absolute Gasteiger partial charge is 0.395 e. The maximum absolute atomic E-state index is 12.2. The molecule has 5 heteroatoms. The van der Waals surface area contributed by atoms with E-state index in [2.05, 4.69) is 0 Å². The first-order chi connectivity index (χ1) is 8.13. The molecule has 0 unspecified atom stereocenters. The molecule has 4 nitrogen and oxygen atoms in total. The molecule has 1 atom stereocenters. The lowest BCUT2D eigenvalue weighted by molar-refractivity contribution is 0.213. The number of sulfonamides is 1. The minimum absolute atomic E-state index is 0.0182. The molecule has 1 heterocycles. The predicted octanol–water partition coefficient (Wildman–Crippen LogP) is 0.973. The van der Waals surface area contributed by atoms with Gasteiger partial charge in [-0.05, 0) is 18.4 Å². The second-order valence-electron chi connectivity index (χ2n) is 4.33. The number of hydrogen-bond acceptors (Lipinski definition) is 3. The van der Waals surface area contributed by atoms with Crippen LogP contribution in [0.2, 0.25) is 0 Å². The van der Waals surface area contributed by atoms with E-state index in [9.17, 15) is 8.42 Å². The molecule has 17 heavy (non-hydrogen) atoms. The fourth-order valence-corrected chi connectivity index (χ4v) is 4.04. The Bertz CT molecular complexity index is 458. The van der Waals surface area contributed by atoms with Gasteiger partial charge in [0.15, 0.2) is 0 Å². The van der Waals surface area contributed by atoms with Gasteiger partial charge in [0.05, 0.1) is 12.4 Å². The molecule has 1 N–H and O–H groups in total. The molecule has 0 amide bonds. The first kappa shape index (κ1) is 12.5. The first-order valence-electron chi connectivity index (χ1n) is 5.78. The summed E-state index contributed by atoms with van der Waals surface area (Å²) in [6.07, 6.45) is 1.59. The number of nitrogens with zero attached hydrogens (tertiary/aromatic N) is 1. The van der Waals surface area contributed by atoms with E-state index < -0.39 is 10.0 Å². The van der Waals surface area contributed by atoms with Gasteiger partial charge in [0.2, 0.25) is 10.0 Å². The third-order valence-electron chi connectivity index (χ3n) is 3.08. The zero-order chi connectivity index (χ0) is 12.3. The Labute approximate surface area is 102 Å². The second kappa shape index (κ2) is 5.16. The summed E-state index contributed by atoms with van der Waals surface area (Å²) in [5.74, 6) is 0.0182. The Kier molecular flexibility index (Phi) is 3.81. The highest BCUT2D eigenvalue weighted by molar-refractivity contribution is 7.88. The molecule has 0 saturated carbocycles. The van der Waals surface area contributed by atoms with Crippen LogP contribution >= 0.6 is 0 Å². The molecule has 2 rings (SSSR count). The summed E-state index contributed by atoms with van der Waals surface area (Å²) in [4.78, 5) is 0. The fraction of sp³-hybridized carbons (Fsp3) is 0.500. The fourth-order valence-electron chi connectivity index (χ4n) is 2.23. The van der Waals surface area contributed by atoms with Gasteiger partial charge in [-0.15, -0.1) is 0 Å². The molecule has 1 aliphatic heterocycles.